The molecule has 1 saturated carbocycles. The van der Waals surface area contributed by atoms with Gasteiger partial charge in [0.05, 0.1) is 12.3 Å². The molecule has 7 heteroatoms. The van der Waals surface area contributed by atoms with Crippen molar-refractivity contribution in [3.05, 3.63) is 11.6 Å². The number of hydrogen-bond acceptors (Lipinski definition) is 6. The van der Waals surface area contributed by atoms with E-state index in [4.69, 9.17) is 4.74 Å². The van der Waals surface area contributed by atoms with Crippen LogP contribution in [-0.4, -0.2) is 63.6 Å². The van der Waals surface area contributed by atoms with Crippen LogP contribution < -0.4 is 26.6 Å². The number of hydrogen-bond donors (Lipinski definition) is 5. The van der Waals surface area contributed by atoms with Crippen LogP contribution in [0.2, 0.25) is 0 Å². The molecular weight excluding hydrogens is 345 g/mol. The van der Waals surface area contributed by atoms with Crippen molar-refractivity contribution in [1.82, 2.24) is 26.6 Å². The summed E-state index contributed by atoms with van der Waals surface area (Å²) in [7, 11) is 1.97. The van der Waals surface area contributed by atoms with Crippen molar-refractivity contribution in [3.63, 3.8) is 0 Å². The molecule has 0 aromatic heterocycles. The van der Waals surface area contributed by atoms with Crippen LogP contribution in [0.5, 0.6) is 0 Å². The lowest BCUT2D eigenvalue weighted by Crippen LogP contribution is -2.69. The summed E-state index contributed by atoms with van der Waals surface area (Å²) >= 11 is 0. The van der Waals surface area contributed by atoms with E-state index in [1.807, 2.05) is 7.05 Å². The van der Waals surface area contributed by atoms with Crippen LogP contribution in [0.1, 0.15) is 39.0 Å². The first-order chi connectivity index (χ1) is 13.2. The fraction of sp³-hybridized carbons (Fsp3) is 0.900. The van der Waals surface area contributed by atoms with Gasteiger partial charge in [-0.25, -0.2) is 4.39 Å². The molecule has 8 atom stereocenters. The van der Waals surface area contributed by atoms with Gasteiger partial charge in [0.2, 0.25) is 0 Å². The van der Waals surface area contributed by atoms with E-state index in [0.717, 1.165) is 51.8 Å². The quantitative estimate of drug-likeness (QED) is 0.465. The summed E-state index contributed by atoms with van der Waals surface area (Å²) in [6.45, 7) is 4.82. The molecule has 3 aliphatic heterocycles. The van der Waals surface area contributed by atoms with Crippen molar-refractivity contribution >= 4 is 0 Å². The van der Waals surface area contributed by atoms with Gasteiger partial charge in [-0.2, -0.15) is 0 Å². The highest BCUT2D eigenvalue weighted by Gasteiger charge is 2.49. The maximum Gasteiger partial charge on any atom is 0.124 e. The molecule has 1 aliphatic carbocycles. The SMILES string of the molecule is CNC1CC(C)NC(NC2CC3CCOC3C(C3=CCNCCC3)C2F)N1. The van der Waals surface area contributed by atoms with Gasteiger partial charge in [-0.1, -0.05) is 11.6 Å². The van der Waals surface area contributed by atoms with Gasteiger partial charge in [0.15, 0.2) is 0 Å². The highest BCUT2D eigenvalue weighted by Crippen LogP contribution is 2.44. The molecule has 0 bridgehead atoms. The third kappa shape index (κ3) is 4.38. The molecule has 27 heavy (non-hydrogen) atoms. The minimum absolute atomic E-state index is 0.0543. The van der Waals surface area contributed by atoms with E-state index in [-0.39, 0.29) is 30.5 Å². The number of rotatable bonds is 4. The predicted octanol–water partition coefficient (Wildman–Crippen LogP) is 0.818. The van der Waals surface area contributed by atoms with Crippen molar-refractivity contribution in [2.45, 2.75) is 75.8 Å². The molecule has 0 aromatic rings. The Morgan fingerprint density at radius 3 is 3.00 bits per heavy atom. The van der Waals surface area contributed by atoms with Crippen molar-refractivity contribution < 1.29 is 9.13 Å². The summed E-state index contributed by atoms with van der Waals surface area (Å²) in [5.41, 5.74) is 1.27. The van der Waals surface area contributed by atoms with Gasteiger partial charge in [0.25, 0.3) is 0 Å². The standard InChI is InChI=1S/C20H36FN5O/c1-12-10-16(22-2)26-20(24-12)25-15-11-14-6-9-27-19(14)17(18(15)21)13-4-3-7-23-8-5-13/h5,12,14-20,22-26H,3-4,6-11H2,1-2H3. The molecule has 3 heterocycles. The summed E-state index contributed by atoms with van der Waals surface area (Å²) in [5, 5.41) is 17.3. The molecule has 4 rings (SSSR count). The molecular formula is C20H36FN5O. The van der Waals surface area contributed by atoms with Crippen LogP contribution >= 0.6 is 0 Å². The van der Waals surface area contributed by atoms with Gasteiger partial charge in [0, 0.05) is 31.2 Å². The molecule has 8 unspecified atom stereocenters. The highest BCUT2D eigenvalue weighted by atomic mass is 19.1. The van der Waals surface area contributed by atoms with E-state index in [1.54, 1.807) is 0 Å². The summed E-state index contributed by atoms with van der Waals surface area (Å²) in [6, 6.07) is 0.236. The molecule has 2 saturated heterocycles. The molecule has 4 aliphatic rings. The Bertz CT molecular complexity index is 533. The van der Waals surface area contributed by atoms with E-state index in [2.05, 4.69) is 39.6 Å². The smallest absolute Gasteiger partial charge is 0.124 e. The van der Waals surface area contributed by atoms with Crippen LogP contribution in [-0.2, 0) is 4.74 Å². The van der Waals surface area contributed by atoms with Crippen molar-refractivity contribution in [1.29, 1.82) is 0 Å². The Labute approximate surface area is 162 Å². The number of fused-ring (bicyclic) bond motifs is 1. The molecule has 154 valence electrons. The number of halogens is 1. The zero-order valence-corrected chi connectivity index (χ0v) is 16.6. The average molecular weight is 382 g/mol. The lowest BCUT2D eigenvalue weighted by Gasteiger charge is -2.45. The minimum atomic E-state index is -0.914. The van der Waals surface area contributed by atoms with Gasteiger partial charge in [0.1, 0.15) is 12.5 Å². The first-order valence-electron chi connectivity index (χ1n) is 10.8. The zero-order valence-electron chi connectivity index (χ0n) is 16.6. The second kappa shape index (κ2) is 8.84. The highest BCUT2D eigenvalue weighted by molar-refractivity contribution is 5.18. The maximum atomic E-state index is 15.8. The van der Waals surface area contributed by atoms with Crippen molar-refractivity contribution in [2.75, 3.05) is 26.7 Å². The number of ether oxygens (including phenoxy) is 1. The minimum Gasteiger partial charge on any atom is -0.377 e. The molecule has 0 radical (unpaired) electrons. The zero-order chi connectivity index (χ0) is 18.8. The van der Waals surface area contributed by atoms with Crippen LogP contribution in [0.25, 0.3) is 0 Å². The summed E-state index contributed by atoms with van der Waals surface area (Å²) in [4.78, 5) is 0. The van der Waals surface area contributed by atoms with E-state index in [0.29, 0.717) is 12.0 Å². The van der Waals surface area contributed by atoms with Gasteiger partial charge in [-0.05, 0) is 58.5 Å². The van der Waals surface area contributed by atoms with Crippen molar-refractivity contribution in [2.24, 2.45) is 11.8 Å². The van der Waals surface area contributed by atoms with Gasteiger partial charge in [-0.3, -0.25) is 16.0 Å². The predicted molar refractivity (Wildman–Crippen MR) is 105 cm³/mol. The Hall–Kier alpha value is -0.570. The molecule has 0 aromatic carbocycles. The first kappa shape index (κ1) is 19.7. The lowest BCUT2D eigenvalue weighted by molar-refractivity contribution is -0.0262. The number of nitrogens with one attached hydrogen (secondary N) is 5. The Kier molecular flexibility index (Phi) is 6.46. The van der Waals surface area contributed by atoms with Gasteiger partial charge >= 0.3 is 0 Å². The largest absolute Gasteiger partial charge is 0.377 e. The first-order valence-corrected chi connectivity index (χ1v) is 10.8. The van der Waals surface area contributed by atoms with Crippen LogP contribution in [0, 0.1) is 11.8 Å². The van der Waals surface area contributed by atoms with Crippen LogP contribution in [0.3, 0.4) is 0 Å². The average Bonchev–Trinajstić information content (AvgIpc) is 2.95. The molecule has 5 N–H and O–H groups in total. The second-order valence-electron chi connectivity index (χ2n) is 8.69. The third-order valence-electron chi connectivity index (χ3n) is 6.79. The molecule has 0 amide bonds. The maximum absolute atomic E-state index is 15.8. The number of alkyl halides is 1. The van der Waals surface area contributed by atoms with Gasteiger partial charge < -0.3 is 15.4 Å². The molecule has 3 fully saturated rings. The normalized spacial score (nSPS) is 45.8. The fourth-order valence-electron chi connectivity index (χ4n) is 5.43. The van der Waals surface area contributed by atoms with E-state index in [1.165, 1.54) is 5.57 Å². The van der Waals surface area contributed by atoms with Crippen LogP contribution in [0.4, 0.5) is 4.39 Å². The third-order valence-corrected chi connectivity index (χ3v) is 6.79. The molecule has 0 spiro atoms. The van der Waals surface area contributed by atoms with Gasteiger partial charge in [-0.15, -0.1) is 0 Å². The molecule has 6 nitrogen and oxygen atoms in total. The second-order valence-corrected chi connectivity index (χ2v) is 8.69. The topological polar surface area (TPSA) is 69.4 Å². The van der Waals surface area contributed by atoms with E-state index < -0.39 is 6.17 Å². The monoisotopic (exact) mass is 381 g/mol. The van der Waals surface area contributed by atoms with E-state index >= 15 is 4.39 Å². The Morgan fingerprint density at radius 2 is 2.15 bits per heavy atom. The van der Waals surface area contributed by atoms with Crippen LogP contribution in [0.15, 0.2) is 11.6 Å². The lowest BCUT2D eigenvalue weighted by atomic mass is 9.71. The summed E-state index contributed by atoms with van der Waals surface area (Å²) < 4.78 is 21.9. The summed E-state index contributed by atoms with van der Waals surface area (Å²) in [5.74, 6) is 0.350. The summed E-state index contributed by atoms with van der Waals surface area (Å²) in [6.07, 6.45) is 6.52. The Balaban J connectivity index is 1.48. The Morgan fingerprint density at radius 1 is 1.26 bits per heavy atom. The van der Waals surface area contributed by atoms with Crippen molar-refractivity contribution in [3.8, 4) is 0 Å². The fourth-order valence-corrected chi connectivity index (χ4v) is 5.43. The van der Waals surface area contributed by atoms with E-state index in [9.17, 15) is 0 Å².